The summed E-state index contributed by atoms with van der Waals surface area (Å²) in [7, 11) is 0. The molecule has 1 aromatic carbocycles. The number of nitro groups is 1. The Hall–Kier alpha value is -2.21. The normalized spacial score (nSPS) is 10.3. The van der Waals surface area contributed by atoms with Crippen LogP contribution in [0.5, 0.6) is 0 Å². The first kappa shape index (κ1) is 12.3. The Bertz CT molecular complexity index is 630. The predicted octanol–water partition coefficient (Wildman–Crippen LogP) is 2.60. The minimum absolute atomic E-state index is 0.0714. The first-order valence-corrected chi connectivity index (χ1v) is 5.40. The summed E-state index contributed by atoms with van der Waals surface area (Å²) in [6.45, 7) is 1.68. The molecule has 0 aliphatic rings. The van der Waals surface area contributed by atoms with Gasteiger partial charge in [-0.05, 0) is 19.1 Å². The van der Waals surface area contributed by atoms with Crippen molar-refractivity contribution in [1.29, 1.82) is 0 Å². The number of nitro benzene ring substituents is 1. The van der Waals surface area contributed by atoms with E-state index in [2.05, 4.69) is 9.97 Å². The lowest BCUT2D eigenvalue weighted by molar-refractivity contribution is -0.384. The fourth-order valence-corrected chi connectivity index (χ4v) is 1.67. The molecule has 6 nitrogen and oxygen atoms in total. The average Bonchev–Trinajstić information content (AvgIpc) is 2.32. The molecule has 1 heterocycles. The van der Waals surface area contributed by atoms with Crippen LogP contribution in [0, 0.1) is 17.0 Å². The first-order valence-electron chi connectivity index (χ1n) is 5.02. The average molecular weight is 265 g/mol. The molecule has 2 N–H and O–H groups in total. The molecule has 0 bridgehead atoms. The van der Waals surface area contributed by atoms with Crippen molar-refractivity contribution in [3.8, 4) is 11.3 Å². The lowest BCUT2D eigenvalue weighted by Gasteiger charge is -2.05. The molecule has 2 aromatic rings. The minimum atomic E-state index is -0.487. The van der Waals surface area contributed by atoms with E-state index in [0.717, 1.165) is 0 Å². The molecule has 0 fully saturated rings. The molecule has 0 saturated carbocycles. The van der Waals surface area contributed by atoms with Gasteiger partial charge in [-0.1, -0.05) is 11.6 Å². The van der Waals surface area contributed by atoms with Crippen LogP contribution in [-0.4, -0.2) is 14.9 Å². The SMILES string of the molecule is Cc1nc(-c2cc(Cl)ccc2[N+](=O)[O-])cnc1N. The highest BCUT2D eigenvalue weighted by Gasteiger charge is 2.17. The number of aryl methyl sites for hydroxylation is 1. The quantitative estimate of drug-likeness (QED) is 0.664. The van der Waals surface area contributed by atoms with Crippen LogP contribution in [-0.2, 0) is 0 Å². The van der Waals surface area contributed by atoms with Gasteiger partial charge >= 0.3 is 0 Å². The molecule has 1 aromatic heterocycles. The van der Waals surface area contributed by atoms with Gasteiger partial charge in [0.1, 0.15) is 5.82 Å². The van der Waals surface area contributed by atoms with Gasteiger partial charge in [-0.2, -0.15) is 0 Å². The van der Waals surface area contributed by atoms with E-state index < -0.39 is 4.92 Å². The van der Waals surface area contributed by atoms with Gasteiger partial charge in [0.2, 0.25) is 0 Å². The number of halogens is 1. The van der Waals surface area contributed by atoms with Crippen molar-refractivity contribution < 1.29 is 4.92 Å². The lowest BCUT2D eigenvalue weighted by Crippen LogP contribution is -1.99. The van der Waals surface area contributed by atoms with Gasteiger partial charge in [0.05, 0.1) is 28.1 Å². The van der Waals surface area contributed by atoms with Crippen molar-refractivity contribution in [2.45, 2.75) is 6.92 Å². The zero-order valence-corrected chi connectivity index (χ0v) is 10.2. The molecule has 92 valence electrons. The molecular formula is C11H9ClN4O2. The van der Waals surface area contributed by atoms with Crippen LogP contribution in [0.15, 0.2) is 24.4 Å². The van der Waals surface area contributed by atoms with E-state index in [-0.39, 0.29) is 5.69 Å². The second kappa shape index (κ2) is 4.58. The fraction of sp³-hybridized carbons (Fsp3) is 0.0909. The first-order chi connectivity index (χ1) is 8.49. The fourth-order valence-electron chi connectivity index (χ4n) is 1.49. The van der Waals surface area contributed by atoms with E-state index in [1.54, 1.807) is 6.92 Å². The molecule has 0 atom stereocenters. The van der Waals surface area contributed by atoms with Crippen molar-refractivity contribution in [2.75, 3.05) is 5.73 Å². The summed E-state index contributed by atoms with van der Waals surface area (Å²) < 4.78 is 0. The van der Waals surface area contributed by atoms with E-state index in [9.17, 15) is 10.1 Å². The molecule has 0 aliphatic carbocycles. The van der Waals surface area contributed by atoms with Crippen LogP contribution in [0.4, 0.5) is 11.5 Å². The monoisotopic (exact) mass is 264 g/mol. The van der Waals surface area contributed by atoms with Gasteiger partial charge in [0.25, 0.3) is 5.69 Å². The number of nitrogen functional groups attached to an aromatic ring is 1. The molecule has 0 spiro atoms. The third-order valence-electron chi connectivity index (χ3n) is 2.42. The lowest BCUT2D eigenvalue weighted by atomic mass is 10.1. The van der Waals surface area contributed by atoms with Gasteiger partial charge in [-0.3, -0.25) is 10.1 Å². The molecule has 0 unspecified atom stereocenters. The highest BCUT2D eigenvalue weighted by molar-refractivity contribution is 6.31. The van der Waals surface area contributed by atoms with Gasteiger partial charge in [0, 0.05) is 11.1 Å². The number of hydrogen-bond donors (Lipinski definition) is 1. The molecule has 7 heteroatoms. The second-order valence-electron chi connectivity index (χ2n) is 3.64. The van der Waals surface area contributed by atoms with E-state index in [4.69, 9.17) is 17.3 Å². The Kier molecular flexibility index (Phi) is 3.12. The molecule has 2 rings (SSSR count). The van der Waals surface area contributed by atoms with Gasteiger partial charge in [-0.15, -0.1) is 0 Å². The number of hydrogen-bond acceptors (Lipinski definition) is 5. The topological polar surface area (TPSA) is 94.9 Å². The molecule has 18 heavy (non-hydrogen) atoms. The number of nitrogens with two attached hydrogens (primary N) is 1. The number of nitrogens with zero attached hydrogens (tertiary/aromatic N) is 3. The molecule has 0 saturated heterocycles. The summed E-state index contributed by atoms with van der Waals surface area (Å²) in [5, 5.41) is 11.3. The zero-order valence-electron chi connectivity index (χ0n) is 9.42. The van der Waals surface area contributed by atoms with Crippen molar-refractivity contribution in [1.82, 2.24) is 9.97 Å². The van der Waals surface area contributed by atoms with E-state index in [1.165, 1.54) is 24.4 Å². The predicted molar refractivity (Wildman–Crippen MR) is 68.3 cm³/mol. The van der Waals surface area contributed by atoms with Gasteiger partial charge in [0.15, 0.2) is 0 Å². The van der Waals surface area contributed by atoms with Crippen LogP contribution in [0.3, 0.4) is 0 Å². The maximum atomic E-state index is 10.9. The summed E-state index contributed by atoms with van der Waals surface area (Å²) >= 11 is 5.85. The maximum Gasteiger partial charge on any atom is 0.278 e. The highest BCUT2D eigenvalue weighted by atomic mass is 35.5. The summed E-state index contributed by atoms with van der Waals surface area (Å²) in [6.07, 6.45) is 1.39. The highest BCUT2D eigenvalue weighted by Crippen LogP contribution is 2.31. The second-order valence-corrected chi connectivity index (χ2v) is 4.08. The Morgan fingerprint density at radius 3 is 2.78 bits per heavy atom. The molecule has 0 aliphatic heterocycles. The molecule has 0 radical (unpaired) electrons. The number of rotatable bonds is 2. The Morgan fingerprint density at radius 1 is 1.44 bits per heavy atom. The van der Waals surface area contributed by atoms with Crippen molar-refractivity contribution in [2.24, 2.45) is 0 Å². The van der Waals surface area contributed by atoms with Crippen LogP contribution < -0.4 is 5.73 Å². The third-order valence-corrected chi connectivity index (χ3v) is 2.65. The molecular weight excluding hydrogens is 256 g/mol. The van der Waals surface area contributed by atoms with Gasteiger partial charge in [-0.25, -0.2) is 9.97 Å². The number of aromatic nitrogens is 2. The number of benzene rings is 1. The Balaban J connectivity index is 2.65. The van der Waals surface area contributed by atoms with Crippen LogP contribution in [0.1, 0.15) is 5.69 Å². The van der Waals surface area contributed by atoms with Crippen molar-refractivity contribution in [3.63, 3.8) is 0 Å². The number of anilines is 1. The van der Waals surface area contributed by atoms with Crippen LogP contribution in [0.2, 0.25) is 5.02 Å². The van der Waals surface area contributed by atoms with E-state index in [0.29, 0.717) is 27.8 Å². The summed E-state index contributed by atoms with van der Waals surface area (Å²) in [4.78, 5) is 18.6. The summed E-state index contributed by atoms with van der Waals surface area (Å²) in [5.41, 5.74) is 6.70. The molecule has 0 amide bonds. The minimum Gasteiger partial charge on any atom is -0.382 e. The van der Waals surface area contributed by atoms with E-state index >= 15 is 0 Å². The summed E-state index contributed by atoms with van der Waals surface area (Å²) in [6, 6.07) is 4.28. The zero-order chi connectivity index (χ0) is 13.3. The largest absolute Gasteiger partial charge is 0.382 e. The van der Waals surface area contributed by atoms with Gasteiger partial charge < -0.3 is 5.73 Å². The summed E-state index contributed by atoms with van der Waals surface area (Å²) in [5.74, 6) is 0.295. The Labute approximate surface area is 108 Å². The maximum absolute atomic E-state index is 10.9. The van der Waals surface area contributed by atoms with Crippen LogP contribution in [0.25, 0.3) is 11.3 Å². The third kappa shape index (κ3) is 2.23. The van der Waals surface area contributed by atoms with Crippen molar-refractivity contribution in [3.05, 3.63) is 45.2 Å². The Morgan fingerprint density at radius 2 is 2.17 bits per heavy atom. The standard InChI is InChI=1S/C11H9ClN4O2/c1-6-11(13)14-5-9(15-6)8-4-7(12)2-3-10(8)16(17)18/h2-5H,1H3,(H2,13,14). The smallest absolute Gasteiger partial charge is 0.278 e. The van der Waals surface area contributed by atoms with Crippen molar-refractivity contribution >= 4 is 23.1 Å². The van der Waals surface area contributed by atoms with E-state index in [1.807, 2.05) is 0 Å². The van der Waals surface area contributed by atoms with Crippen LogP contribution >= 0.6 is 11.6 Å².